The average molecular weight is 1660 g/mol. The summed E-state index contributed by atoms with van der Waals surface area (Å²) in [5.74, 6) is 0. The van der Waals surface area contributed by atoms with E-state index < -0.39 is 0 Å². The van der Waals surface area contributed by atoms with Crippen LogP contribution in [0.2, 0.25) is 0 Å². The number of aryl methyl sites for hydroxylation is 4. The lowest BCUT2D eigenvalue weighted by molar-refractivity contribution is 0.297. The zero-order chi connectivity index (χ0) is 87.3. The molecule has 0 bridgehead atoms. The Labute approximate surface area is 749 Å². The summed E-state index contributed by atoms with van der Waals surface area (Å²) in [6.45, 7) is 60.2. The molecule has 8 heteroatoms. The Morgan fingerprint density at radius 2 is 0.710 bits per heavy atom. The summed E-state index contributed by atoms with van der Waals surface area (Å²) >= 11 is 4.12. The van der Waals surface area contributed by atoms with Crippen LogP contribution in [0, 0.1) is 20.8 Å². The number of thiophene rings is 2. The third-order valence-corrected chi connectivity index (χ3v) is 32.4. The highest BCUT2D eigenvalue weighted by molar-refractivity contribution is 7.34. The van der Waals surface area contributed by atoms with Crippen molar-refractivity contribution in [2.45, 2.75) is 260 Å². The van der Waals surface area contributed by atoms with Crippen LogP contribution < -0.4 is 51.0 Å². The molecule has 0 saturated carbocycles. The predicted octanol–water partition coefficient (Wildman–Crippen LogP) is 29.3. The van der Waals surface area contributed by atoms with Crippen molar-refractivity contribution in [3.8, 4) is 22.3 Å². The smallest absolute Gasteiger partial charge is 0.264 e. The topological polar surface area (TPSA) is 13.0 Å². The molecule has 20 rings (SSSR count). The lowest BCUT2D eigenvalue weighted by atomic mass is 9.36. The summed E-state index contributed by atoms with van der Waals surface area (Å²) in [5.41, 5.74) is 43.4. The number of rotatable bonds is 9. The van der Waals surface area contributed by atoms with Crippen LogP contribution in [0.15, 0.2) is 224 Å². The third kappa shape index (κ3) is 13.3. The minimum atomic E-state index is -0.105. The molecule has 626 valence electrons. The van der Waals surface area contributed by atoms with Gasteiger partial charge in [0.25, 0.3) is 13.4 Å². The highest BCUT2D eigenvalue weighted by Gasteiger charge is 2.51. The lowest BCUT2D eigenvalue weighted by Crippen LogP contribution is -2.60. The number of fused-ring (bicyclic) bond motifs is 14. The standard InChI is InChI=1S/C116H124B2N4S2/c1-69-56-95-102-97(58-69)122(104-85-65-87-89(114(21,22)53-52-113(87,19)20)67-99(85)123-106(104)117(102)91-63-77(109(7,8)9)40-48-93(91)119(95)81-46-38-76(39-47-81)108(4,5)6)83-44-36-75(37-45-83)101-71(3)30-29-33-74(101)50-51-116(25)55-54-115(23,24)88-66-86-100(68-90(88)116)124-107-105(86)121(82-42-34-73(35-43-82)72-31-27-26-28-32-72)98-59-70(2)57-96-103(98)118(107)92-64-78(110(10,11)12)41-49-94(92)120(96)84-61-79(111(13,14)15)60-80(62-84)112(16,17)18/h26-49,56-68H,50-55H2,1-25H3. The largest absolute Gasteiger partial charge is 0.311 e. The second kappa shape index (κ2) is 28.2. The average Bonchev–Trinajstić information content (AvgIpc) is 1.42. The van der Waals surface area contributed by atoms with Crippen molar-refractivity contribution in [1.82, 2.24) is 0 Å². The van der Waals surface area contributed by atoms with Gasteiger partial charge in [-0.05, 0) is 334 Å². The van der Waals surface area contributed by atoms with Gasteiger partial charge in [0.1, 0.15) is 0 Å². The van der Waals surface area contributed by atoms with E-state index in [1.807, 2.05) is 0 Å². The van der Waals surface area contributed by atoms with Gasteiger partial charge in [-0.3, -0.25) is 0 Å². The van der Waals surface area contributed by atoms with E-state index in [9.17, 15) is 0 Å². The molecule has 14 aromatic rings. The predicted molar refractivity (Wildman–Crippen MR) is 543 cm³/mol. The van der Waals surface area contributed by atoms with Crippen LogP contribution in [0.5, 0.6) is 0 Å². The maximum atomic E-state index is 2.72. The number of anilines is 12. The van der Waals surface area contributed by atoms with Gasteiger partial charge >= 0.3 is 0 Å². The molecule has 12 aromatic carbocycles. The zero-order valence-corrected chi connectivity index (χ0v) is 80.0. The van der Waals surface area contributed by atoms with Crippen LogP contribution in [-0.4, -0.2) is 13.4 Å². The molecule has 2 aliphatic carbocycles. The van der Waals surface area contributed by atoms with Gasteiger partial charge in [-0.2, -0.15) is 0 Å². The Kier molecular flexibility index (Phi) is 18.7. The molecule has 4 nitrogen and oxygen atoms in total. The quantitative estimate of drug-likeness (QED) is 0.134. The van der Waals surface area contributed by atoms with E-state index in [0.29, 0.717) is 0 Å². The van der Waals surface area contributed by atoms with Gasteiger partial charge in [-0.15, -0.1) is 22.7 Å². The summed E-state index contributed by atoms with van der Waals surface area (Å²) in [5, 5.41) is 2.73. The lowest BCUT2D eigenvalue weighted by Gasteiger charge is -2.45. The fraction of sp³-hybridized carbons (Fsp3) is 0.345. The first-order valence-corrected chi connectivity index (χ1v) is 47.7. The van der Waals surface area contributed by atoms with Crippen LogP contribution in [-0.2, 0) is 55.2 Å². The van der Waals surface area contributed by atoms with Crippen molar-refractivity contribution in [2.24, 2.45) is 0 Å². The monoisotopic (exact) mass is 1660 g/mol. The molecule has 4 aliphatic heterocycles. The summed E-state index contributed by atoms with van der Waals surface area (Å²) < 4.78 is 5.61. The van der Waals surface area contributed by atoms with Gasteiger partial charge in [0, 0.05) is 86.6 Å². The molecule has 1 unspecified atom stereocenters. The van der Waals surface area contributed by atoms with E-state index in [4.69, 9.17) is 0 Å². The minimum Gasteiger partial charge on any atom is -0.311 e. The highest BCUT2D eigenvalue weighted by Crippen LogP contribution is 2.58. The van der Waals surface area contributed by atoms with E-state index >= 15 is 0 Å². The Bertz CT molecular complexity index is 6700. The number of benzene rings is 12. The van der Waals surface area contributed by atoms with Gasteiger partial charge in [0.2, 0.25) is 0 Å². The molecule has 6 aliphatic rings. The molecule has 0 amide bonds. The highest BCUT2D eigenvalue weighted by atomic mass is 32.1. The summed E-state index contributed by atoms with van der Waals surface area (Å²) in [6, 6.07) is 90.2. The number of hydrogen-bond acceptors (Lipinski definition) is 6. The Morgan fingerprint density at radius 1 is 0.323 bits per heavy atom. The van der Waals surface area contributed by atoms with Crippen LogP contribution >= 0.6 is 22.7 Å². The van der Waals surface area contributed by atoms with Gasteiger partial charge in [0.05, 0.1) is 11.4 Å². The van der Waals surface area contributed by atoms with Gasteiger partial charge in [0.15, 0.2) is 0 Å². The van der Waals surface area contributed by atoms with E-state index in [1.54, 1.807) is 0 Å². The van der Waals surface area contributed by atoms with Crippen LogP contribution in [0.25, 0.3) is 42.4 Å². The van der Waals surface area contributed by atoms with E-state index in [-0.39, 0.29) is 62.2 Å². The molecule has 124 heavy (non-hydrogen) atoms. The fourth-order valence-electron chi connectivity index (χ4n) is 22.2. The molecule has 0 radical (unpaired) electrons. The molecule has 0 N–H and O–H groups in total. The Morgan fingerprint density at radius 3 is 1.18 bits per heavy atom. The molecule has 0 saturated heterocycles. The molecule has 0 spiro atoms. The maximum absolute atomic E-state index is 2.72. The second-order valence-corrected chi connectivity index (χ2v) is 47.6. The molecule has 2 aromatic heterocycles. The van der Waals surface area contributed by atoms with Gasteiger partial charge in [-0.1, -0.05) is 268 Å². The van der Waals surface area contributed by atoms with Crippen LogP contribution in [0.3, 0.4) is 0 Å². The normalized spacial score (nSPS) is 17.3. The van der Waals surface area contributed by atoms with Crippen molar-refractivity contribution in [1.29, 1.82) is 0 Å². The summed E-state index contributed by atoms with van der Waals surface area (Å²) in [4.78, 5) is 10.7. The SMILES string of the molecule is Cc1cc2c3c(c1)N(c1ccc(-c4c(C)cccc4CCC4(C)CCC(C)(C)c5cc6c7c(sc6cc54)B4c5cc(C(C)(C)C)ccc5N(c5cc(C(C)(C)C)cc(C(C)(C)C)c5)c5cc(C)cc(c54)N7c4ccc(-c5ccccc5)cc4)cc1)c1c(sc4cc5c(cc14)C(C)(C)CCC5(C)C)B3c1cc(C(C)(C)C)ccc1N2c1ccc(C(C)(C)C)cc1. The van der Waals surface area contributed by atoms with Crippen molar-refractivity contribution < 1.29 is 0 Å². The molecule has 0 fully saturated rings. The zero-order valence-electron chi connectivity index (χ0n) is 78.4. The Hall–Kier alpha value is -10.1. The van der Waals surface area contributed by atoms with Gasteiger partial charge < -0.3 is 19.6 Å². The Balaban J connectivity index is 0.716. The minimum absolute atomic E-state index is 0.0166. The summed E-state index contributed by atoms with van der Waals surface area (Å²) in [6.07, 6.45) is 6.55. The van der Waals surface area contributed by atoms with E-state index in [2.05, 4.69) is 440 Å². The fourth-order valence-corrected chi connectivity index (χ4v) is 24.9. The summed E-state index contributed by atoms with van der Waals surface area (Å²) in [7, 11) is 0. The van der Waals surface area contributed by atoms with Crippen molar-refractivity contribution in [3.05, 3.63) is 297 Å². The van der Waals surface area contributed by atoms with Crippen molar-refractivity contribution in [2.75, 3.05) is 19.6 Å². The number of hydrogen-bond donors (Lipinski definition) is 0. The molecular formula is C116H124B2N4S2. The van der Waals surface area contributed by atoms with Crippen molar-refractivity contribution in [3.63, 3.8) is 0 Å². The molecule has 1 atom stereocenters. The van der Waals surface area contributed by atoms with Crippen LogP contribution in [0.1, 0.15) is 257 Å². The van der Waals surface area contributed by atoms with E-state index in [0.717, 1.165) is 32.1 Å². The molecule has 6 heterocycles. The third-order valence-electron chi connectivity index (χ3n) is 30.0. The van der Waals surface area contributed by atoms with Crippen molar-refractivity contribution >= 4 is 156 Å². The van der Waals surface area contributed by atoms with Gasteiger partial charge in [-0.25, -0.2) is 0 Å². The van der Waals surface area contributed by atoms with E-state index in [1.165, 1.54) is 221 Å². The molecular weight excluding hydrogens is 1540 g/mol. The first kappa shape index (κ1) is 82.2. The maximum Gasteiger partial charge on any atom is 0.264 e. The number of nitrogens with zero attached hydrogens (tertiary/aromatic N) is 4. The first-order chi connectivity index (χ1) is 58.4. The van der Waals surface area contributed by atoms with Crippen LogP contribution in [0.4, 0.5) is 68.2 Å². The first-order valence-electron chi connectivity index (χ1n) is 46.0. The second-order valence-electron chi connectivity index (χ2n) is 45.5.